The first kappa shape index (κ1) is 22.5. The van der Waals surface area contributed by atoms with Gasteiger partial charge in [-0.15, -0.1) is 0 Å². The van der Waals surface area contributed by atoms with Crippen LogP contribution < -0.4 is 14.9 Å². The van der Waals surface area contributed by atoms with Crippen molar-refractivity contribution in [3.8, 4) is 0 Å². The Morgan fingerprint density at radius 1 is 1.11 bits per heavy atom. The first-order valence-corrected chi connectivity index (χ1v) is 11.9. The van der Waals surface area contributed by atoms with E-state index in [2.05, 4.69) is 26.7 Å². The van der Waals surface area contributed by atoms with Crippen molar-refractivity contribution in [1.82, 2.24) is 24.6 Å². The predicted molar refractivity (Wildman–Crippen MR) is 140 cm³/mol. The average molecular weight is 485 g/mol. The minimum Gasteiger partial charge on any atom is -0.326 e. The van der Waals surface area contributed by atoms with Crippen molar-refractivity contribution >= 4 is 46.8 Å². The van der Waals surface area contributed by atoms with Crippen LogP contribution in [0, 0.1) is 0 Å². The molecule has 2 N–H and O–H groups in total. The van der Waals surface area contributed by atoms with E-state index in [9.17, 15) is 4.79 Å². The molecule has 0 fully saturated rings. The summed E-state index contributed by atoms with van der Waals surface area (Å²) in [7, 11) is 1.84. The van der Waals surface area contributed by atoms with Crippen molar-refractivity contribution in [3.05, 3.63) is 96.3 Å². The van der Waals surface area contributed by atoms with Gasteiger partial charge in [-0.25, -0.2) is 14.7 Å². The number of nitrogens with zero attached hydrogens (tertiary/aromatic N) is 6. The van der Waals surface area contributed by atoms with Crippen LogP contribution in [0.5, 0.6) is 0 Å². The maximum Gasteiger partial charge on any atom is 0.330 e. The van der Waals surface area contributed by atoms with Gasteiger partial charge >= 0.3 is 6.03 Å². The Bertz CT molecular complexity index is 1360. The van der Waals surface area contributed by atoms with Crippen LogP contribution in [-0.2, 0) is 20.1 Å². The van der Waals surface area contributed by atoms with Crippen molar-refractivity contribution in [3.63, 3.8) is 0 Å². The molecule has 9 nitrogen and oxygen atoms in total. The molecule has 0 spiro atoms. The maximum absolute atomic E-state index is 13.8. The second-order valence-electron chi connectivity index (χ2n) is 7.97. The van der Waals surface area contributed by atoms with Crippen molar-refractivity contribution in [2.24, 2.45) is 7.05 Å². The van der Waals surface area contributed by atoms with Crippen LogP contribution in [0.25, 0.3) is 0 Å². The maximum atomic E-state index is 13.8. The number of carbonyl (C=O) groups is 1. The van der Waals surface area contributed by atoms with E-state index < -0.39 is 0 Å². The second kappa shape index (κ2) is 9.90. The zero-order valence-corrected chi connectivity index (χ0v) is 19.9. The van der Waals surface area contributed by atoms with Crippen LogP contribution in [-0.4, -0.2) is 30.7 Å². The van der Waals surface area contributed by atoms with E-state index in [4.69, 9.17) is 4.98 Å². The van der Waals surface area contributed by atoms with E-state index in [1.54, 1.807) is 32.3 Å². The van der Waals surface area contributed by atoms with E-state index in [1.807, 2.05) is 67.8 Å². The molecule has 0 atom stereocenters. The fourth-order valence-corrected chi connectivity index (χ4v) is 4.21. The van der Waals surface area contributed by atoms with Gasteiger partial charge in [0.25, 0.3) is 0 Å². The largest absolute Gasteiger partial charge is 0.330 e. The molecular formula is C25H24N8OS. The fraction of sp³-hybridized carbons (Fsp3) is 0.120. The number of rotatable bonds is 8. The number of fused-ring (bicyclic) bond motifs is 1. The van der Waals surface area contributed by atoms with Crippen molar-refractivity contribution < 1.29 is 4.79 Å². The number of hydrogen-bond acceptors (Lipinski definition) is 7. The molecule has 2 aromatic carbocycles. The molecule has 0 radical (unpaired) electrons. The molecule has 0 unspecified atom stereocenters. The van der Waals surface area contributed by atoms with Gasteiger partial charge in [0.05, 0.1) is 24.1 Å². The molecular weight excluding hydrogens is 460 g/mol. The van der Waals surface area contributed by atoms with Gasteiger partial charge in [0.1, 0.15) is 0 Å². The molecule has 1 aliphatic heterocycles. The summed E-state index contributed by atoms with van der Waals surface area (Å²) in [6.07, 6.45) is 5.30. The first-order chi connectivity index (χ1) is 17.1. The summed E-state index contributed by atoms with van der Waals surface area (Å²) in [6.45, 7) is 4.62. The Morgan fingerprint density at radius 3 is 2.74 bits per heavy atom. The van der Waals surface area contributed by atoms with Gasteiger partial charge < -0.3 is 14.9 Å². The van der Waals surface area contributed by atoms with Crippen molar-refractivity contribution in [2.45, 2.75) is 13.1 Å². The smallest absolute Gasteiger partial charge is 0.326 e. The van der Waals surface area contributed by atoms with Crippen LogP contribution in [0.4, 0.5) is 33.6 Å². The predicted octanol–water partition coefficient (Wildman–Crippen LogP) is 5.43. The Labute approximate surface area is 207 Å². The Morgan fingerprint density at radius 2 is 1.97 bits per heavy atom. The van der Waals surface area contributed by atoms with E-state index in [0.717, 1.165) is 22.5 Å². The summed E-state index contributed by atoms with van der Waals surface area (Å²) >= 11 is 1.37. The molecule has 0 saturated heterocycles. The van der Waals surface area contributed by atoms with E-state index >= 15 is 0 Å². The standard InChI is InChI=1S/C25H24N8OS/c1-3-35-30-20-10-7-11-22(12-20)33-23-19(13-26-24(29-23)28-21-14-27-31(2)17-21)16-32(25(33)34)15-18-8-5-4-6-9-18/h3-14,17,30H,1,15-16H2,2H3,(H,26,28,29). The molecule has 1 aliphatic rings. The molecule has 35 heavy (non-hydrogen) atoms. The van der Waals surface area contributed by atoms with E-state index in [1.165, 1.54) is 11.9 Å². The van der Waals surface area contributed by atoms with Gasteiger partial charge in [-0.2, -0.15) is 10.1 Å². The van der Waals surface area contributed by atoms with Gasteiger partial charge in [0, 0.05) is 37.2 Å². The number of urea groups is 1. The zero-order valence-electron chi connectivity index (χ0n) is 19.1. The number of carbonyl (C=O) groups excluding carboxylic acids is 1. The highest BCUT2D eigenvalue weighted by atomic mass is 32.2. The lowest BCUT2D eigenvalue weighted by atomic mass is 10.1. The molecule has 4 aromatic rings. The number of anilines is 5. The molecule has 10 heteroatoms. The van der Waals surface area contributed by atoms with Crippen molar-refractivity contribution in [2.75, 3.05) is 14.9 Å². The lowest BCUT2D eigenvalue weighted by Gasteiger charge is -2.36. The van der Waals surface area contributed by atoms with E-state index in [-0.39, 0.29) is 6.03 Å². The van der Waals surface area contributed by atoms with Gasteiger partial charge in [-0.3, -0.25) is 4.68 Å². The third-order valence-corrected chi connectivity index (χ3v) is 5.94. The second-order valence-corrected chi connectivity index (χ2v) is 8.74. The normalized spacial score (nSPS) is 12.9. The third kappa shape index (κ3) is 4.97. The summed E-state index contributed by atoms with van der Waals surface area (Å²) in [5.41, 5.74) is 4.23. The average Bonchev–Trinajstić information content (AvgIpc) is 3.28. The third-order valence-electron chi connectivity index (χ3n) is 5.42. The highest BCUT2D eigenvalue weighted by Crippen LogP contribution is 2.36. The van der Waals surface area contributed by atoms with Crippen LogP contribution in [0.3, 0.4) is 0 Å². The molecule has 0 saturated carbocycles. The zero-order chi connectivity index (χ0) is 24.2. The number of aryl methyl sites for hydroxylation is 1. The topological polar surface area (TPSA) is 91.2 Å². The minimum absolute atomic E-state index is 0.152. The van der Waals surface area contributed by atoms with Gasteiger partial charge in [-0.1, -0.05) is 43.0 Å². The lowest BCUT2D eigenvalue weighted by Crippen LogP contribution is -2.45. The van der Waals surface area contributed by atoms with Crippen LogP contribution >= 0.6 is 11.9 Å². The number of hydrogen-bond donors (Lipinski definition) is 2. The Balaban J connectivity index is 1.53. The molecule has 2 aromatic heterocycles. The number of aromatic nitrogens is 4. The van der Waals surface area contributed by atoms with Gasteiger partial charge in [-0.05, 0) is 41.1 Å². The highest BCUT2D eigenvalue weighted by molar-refractivity contribution is 8.03. The van der Waals surface area contributed by atoms with Gasteiger partial charge in [0.2, 0.25) is 5.95 Å². The summed E-state index contributed by atoms with van der Waals surface area (Å²) in [4.78, 5) is 26.5. The van der Waals surface area contributed by atoms with Crippen LogP contribution in [0.1, 0.15) is 11.1 Å². The SMILES string of the molecule is C=CSNc1cccc(N2C(=O)N(Cc3ccccc3)Cc3cnc(Nc4cnn(C)c4)nc32)c1. The molecule has 176 valence electrons. The monoisotopic (exact) mass is 484 g/mol. The number of benzene rings is 2. The van der Waals surface area contributed by atoms with Crippen LogP contribution in [0.2, 0.25) is 0 Å². The summed E-state index contributed by atoms with van der Waals surface area (Å²) in [5.74, 6) is 0.941. The fourth-order valence-electron chi connectivity index (χ4n) is 3.86. The summed E-state index contributed by atoms with van der Waals surface area (Å²) < 4.78 is 4.89. The molecule has 3 heterocycles. The summed E-state index contributed by atoms with van der Waals surface area (Å²) in [5, 5.41) is 9.05. The lowest BCUT2D eigenvalue weighted by molar-refractivity contribution is 0.198. The Kier molecular flexibility index (Phi) is 6.36. The van der Waals surface area contributed by atoms with Gasteiger partial charge in [0.15, 0.2) is 5.82 Å². The minimum atomic E-state index is -0.152. The van der Waals surface area contributed by atoms with E-state index in [0.29, 0.717) is 30.5 Å². The van der Waals surface area contributed by atoms with Crippen LogP contribution in [0.15, 0.2) is 85.2 Å². The molecule has 5 rings (SSSR count). The quantitative estimate of drug-likeness (QED) is 0.322. The van der Waals surface area contributed by atoms with Crippen molar-refractivity contribution in [1.29, 1.82) is 0 Å². The molecule has 0 bridgehead atoms. The first-order valence-electron chi connectivity index (χ1n) is 11.0. The summed E-state index contributed by atoms with van der Waals surface area (Å²) in [6, 6.07) is 17.4. The molecule has 2 amide bonds. The Hall–Kier alpha value is -4.31. The number of amides is 2. The highest BCUT2D eigenvalue weighted by Gasteiger charge is 2.33. The number of nitrogens with one attached hydrogen (secondary N) is 2. The molecule has 0 aliphatic carbocycles.